The van der Waals surface area contributed by atoms with Gasteiger partial charge in [0.2, 0.25) is 0 Å². The Hall–Kier alpha value is -3.32. The maximum absolute atomic E-state index is 12.7. The molecule has 13 heteroatoms. The fourth-order valence-corrected chi connectivity index (χ4v) is 3.00. The molecule has 0 saturated heterocycles. The van der Waals surface area contributed by atoms with Crippen LogP contribution in [0.4, 0.5) is 26.3 Å². The van der Waals surface area contributed by atoms with Crippen LogP contribution in [-0.4, -0.2) is 33.6 Å². The summed E-state index contributed by atoms with van der Waals surface area (Å²) in [5.74, 6) is -2.76. The lowest BCUT2D eigenvalue weighted by Crippen LogP contribution is -2.29. The molecular formula is C20H17F6N3O4. The number of aliphatic carboxylic acids is 1. The van der Waals surface area contributed by atoms with Gasteiger partial charge >= 0.3 is 18.3 Å². The number of aromatic nitrogens is 2. The number of hydrogen-bond acceptors (Lipinski definition) is 5. The van der Waals surface area contributed by atoms with Crippen molar-refractivity contribution in [2.75, 3.05) is 6.61 Å². The molecule has 0 fully saturated rings. The minimum Gasteiger partial charge on any atom is -0.475 e. The lowest BCUT2D eigenvalue weighted by Gasteiger charge is -2.24. The predicted octanol–water partition coefficient (Wildman–Crippen LogP) is 4.48. The molecule has 178 valence electrons. The molecule has 1 unspecified atom stereocenters. The van der Waals surface area contributed by atoms with Crippen molar-refractivity contribution in [2.45, 2.75) is 31.5 Å². The molecule has 33 heavy (non-hydrogen) atoms. The quantitative estimate of drug-likeness (QED) is 0.539. The van der Waals surface area contributed by atoms with E-state index >= 15 is 0 Å². The second-order valence-corrected chi connectivity index (χ2v) is 6.89. The number of hydrogen-bond donors (Lipinski definition) is 2. The van der Waals surface area contributed by atoms with Crippen LogP contribution in [0.2, 0.25) is 0 Å². The van der Waals surface area contributed by atoms with Crippen LogP contribution in [0.15, 0.2) is 53.5 Å². The number of benzene rings is 1. The monoisotopic (exact) mass is 477 g/mol. The molecule has 1 atom stereocenters. The van der Waals surface area contributed by atoms with E-state index in [1.165, 1.54) is 12.1 Å². The molecule has 2 aromatic heterocycles. The first-order valence-electron chi connectivity index (χ1n) is 9.33. The van der Waals surface area contributed by atoms with Gasteiger partial charge in [-0.15, -0.1) is 0 Å². The summed E-state index contributed by atoms with van der Waals surface area (Å²) < 4.78 is 82.3. The maximum Gasteiger partial charge on any atom is 0.490 e. The largest absolute Gasteiger partial charge is 0.490 e. The molecule has 0 amide bonds. The van der Waals surface area contributed by atoms with E-state index in [0.717, 1.165) is 29.0 Å². The Balaban J connectivity index is 0.000000383. The zero-order valence-electron chi connectivity index (χ0n) is 16.7. The Morgan fingerprint density at radius 3 is 2.36 bits per heavy atom. The van der Waals surface area contributed by atoms with Gasteiger partial charge in [0.1, 0.15) is 0 Å². The number of carbonyl (C=O) groups is 1. The number of nitrogens with zero attached hydrogens (tertiary/aromatic N) is 2. The lowest BCUT2D eigenvalue weighted by molar-refractivity contribution is -0.192. The number of halogens is 6. The number of carboxylic acid groups (broad SMARTS) is 1. The standard InChI is InChI=1S/C18H16F3N3O2.C2HF3O2/c19-18(20,21)13-1-3-14(4-2-13)24-17-11-26-10-16(15(17)8-23-24)22-7-12-5-6-25-9-12;3-2(4,5)1(6)7/h1-6,8-9,16,22H,7,10-11H2;(H,6,7). The van der Waals surface area contributed by atoms with E-state index in [4.69, 9.17) is 19.1 Å². The number of rotatable bonds is 4. The molecule has 3 heterocycles. The van der Waals surface area contributed by atoms with Crippen LogP contribution in [0.1, 0.15) is 28.4 Å². The first-order valence-corrected chi connectivity index (χ1v) is 9.33. The van der Waals surface area contributed by atoms with Gasteiger partial charge in [0.05, 0.1) is 54.9 Å². The van der Waals surface area contributed by atoms with Crippen LogP contribution >= 0.6 is 0 Å². The number of carboxylic acids is 1. The highest BCUT2D eigenvalue weighted by Crippen LogP contribution is 2.31. The average Bonchev–Trinajstić information content (AvgIpc) is 3.41. The third-order valence-electron chi connectivity index (χ3n) is 4.61. The van der Waals surface area contributed by atoms with E-state index in [1.54, 1.807) is 23.4 Å². The highest BCUT2D eigenvalue weighted by Gasteiger charge is 2.38. The highest BCUT2D eigenvalue weighted by atomic mass is 19.4. The average molecular weight is 477 g/mol. The molecule has 0 spiro atoms. The molecule has 7 nitrogen and oxygen atoms in total. The van der Waals surface area contributed by atoms with Crippen molar-refractivity contribution in [3.05, 3.63) is 71.4 Å². The number of fused-ring (bicyclic) bond motifs is 1. The Morgan fingerprint density at radius 2 is 1.82 bits per heavy atom. The molecular weight excluding hydrogens is 460 g/mol. The van der Waals surface area contributed by atoms with Gasteiger partial charge in [0.25, 0.3) is 0 Å². The Kier molecular flexibility index (Phi) is 7.12. The summed E-state index contributed by atoms with van der Waals surface area (Å²) in [6.45, 7) is 1.49. The van der Waals surface area contributed by atoms with E-state index in [-0.39, 0.29) is 6.04 Å². The third kappa shape index (κ3) is 6.14. The normalized spacial score (nSPS) is 16.0. The SMILES string of the molecule is FC(F)(F)c1ccc(-n2ncc3c2COCC3NCc2ccoc2)cc1.O=C(O)C(F)(F)F. The van der Waals surface area contributed by atoms with Gasteiger partial charge in [-0.2, -0.15) is 31.4 Å². The van der Waals surface area contributed by atoms with Crippen molar-refractivity contribution < 1.29 is 45.4 Å². The van der Waals surface area contributed by atoms with Gasteiger partial charge in [-0.1, -0.05) is 0 Å². The van der Waals surface area contributed by atoms with E-state index in [9.17, 15) is 26.3 Å². The van der Waals surface area contributed by atoms with E-state index in [1.807, 2.05) is 6.07 Å². The minimum atomic E-state index is -5.08. The fourth-order valence-electron chi connectivity index (χ4n) is 3.00. The summed E-state index contributed by atoms with van der Waals surface area (Å²) in [5, 5.41) is 14.9. The van der Waals surface area contributed by atoms with Crippen molar-refractivity contribution >= 4 is 5.97 Å². The summed E-state index contributed by atoms with van der Waals surface area (Å²) >= 11 is 0. The topological polar surface area (TPSA) is 89.5 Å². The molecule has 0 bridgehead atoms. The first kappa shape index (κ1) is 24.3. The second-order valence-electron chi connectivity index (χ2n) is 6.89. The van der Waals surface area contributed by atoms with E-state index < -0.39 is 23.9 Å². The first-order chi connectivity index (χ1) is 15.5. The molecule has 0 radical (unpaired) electrons. The molecule has 0 saturated carbocycles. The Labute approximate surface area is 182 Å². The molecule has 2 N–H and O–H groups in total. The van der Waals surface area contributed by atoms with E-state index in [0.29, 0.717) is 25.4 Å². The van der Waals surface area contributed by atoms with Gasteiger partial charge in [0, 0.05) is 17.7 Å². The number of furan rings is 1. The fraction of sp³-hybridized carbons (Fsp3) is 0.300. The van der Waals surface area contributed by atoms with Crippen LogP contribution in [0.25, 0.3) is 5.69 Å². The van der Waals surface area contributed by atoms with Crippen LogP contribution in [-0.2, 0) is 28.9 Å². The summed E-state index contributed by atoms with van der Waals surface area (Å²) in [5.41, 5.74) is 2.73. The van der Waals surface area contributed by atoms with E-state index in [2.05, 4.69) is 10.4 Å². The Bertz CT molecular complexity index is 1060. The van der Waals surface area contributed by atoms with Gasteiger partial charge in [-0.25, -0.2) is 9.48 Å². The van der Waals surface area contributed by atoms with Crippen LogP contribution in [0, 0.1) is 0 Å². The molecule has 1 aromatic carbocycles. The molecule has 0 aliphatic carbocycles. The van der Waals surface area contributed by atoms with Gasteiger partial charge in [0.15, 0.2) is 0 Å². The lowest BCUT2D eigenvalue weighted by atomic mass is 10.1. The predicted molar refractivity (Wildman–Crippen MR) is 100 cm³/mol. The van der Waals surface area contributed by atoms with Crippen LogP contribution in [0.5, 0.6) is 0 Å². The zero-order valence-corrected chi connectivity index (χ0v) is 16.7. The Morgan fingerprint density at radius 1 is 1.15 bits per heavy atom. The molecule has 1 aliphatic heterocycles. The highest BCUT2D eigenvalue weighted by molar-refractivity contribution is 5.73. The molecule has 4 rings (SSSR count). The van der Waals surface area contributed by atoms with Crippen molar-refractivity contribution in [1.29, 1.82) is 0 Å². The van der Waals surface area contributed by atoms with Crippen molar-refractivity contribution in [1.82, 2.24) is 15.1 Å². The van der Waals surface area contributed by atoms with Gasteiger partial charge in [-0.3, -0.25) is 0 Å². The molecule has 1 aliphatic rings. The summed E-state index contributed by atoms with van der Waals surface area (Å²) in [6.07, 6.45) is -4.42. The van der Waals surface area contributed by atoms with Crippen LogP contribution in [0.3, 0.4) is 0 Å². The number of nitrogens with one attached hydrogen (secondary N) is 1. The van der Waals surface area contributed by atoms with Gasteiger partial charge < -0.3 is 19.6 Å². The number of ether oxygens (including phenoxy) is 1. The maximum atomic E-state index is 12.7. The second kappa shape index (κ2) is 9.67. The van der Waals surface area contributed by atoms with Crippen molar-refractivity contribution in [3.8, 4) is 5.69 Å². The van der Waals surface area contributed by atoms with Crippen LogP contribution < -0.4 is 5.32 Å². The van der Waals surface area contributed by atoms with Gasteiger partial charge in [-0.05, 0) is 30.3 Å². The minimum absolute atomic E-state index is 0.0446. The summed E-state index contributed by atoms with van der Waals surface area (Å²) in [7, 11) is 0. The smallest absolute Gasteiger partial charge is 0.475 e. The molecule has 3 aromatic rings. The number of alkyl halides is 6. The third-order valence-corrected chi connectivity index (χ3v) is 4.61. The van der Waals surface area contributed by atoms with Crippen molar-refractivity contribution in [3.63, 3.8) is 0 Å². The van der Waals surface area contributed by atoms with Crippen molar-refractivity contribution in [2.24, 2.45) is 0 Å². The summed E-state index contributed by atoms with van der Waals surface area (Å²) in [4.78, 5) is 8.90. The zero-order chi connectivity index (χ0) is 24.2. The summed E-state index contributed by atoms with van der Waals surface area (Å²) in [6, 6.07) is 6.78.